The maximum atomic E-state index is 10.6. The average Bonchev–Trinajstić information content (AvgIpc) is 2.83. The molecule has 12 heteroatoms. The number of aliphatic carboxylic acids is 1. The molecule has 156 valence electrons. The maximum Gasteiger partial charge on any atom is 0.498 e. The second-order valence-corrected chi connectivity index (χ2v) is 7.44. The van der Waals surface area contributed by atoms with Gasteiger partial charge in [0.2, 0.25) is 5.95 Å². The van der Waals surface area contributed by atoms with Gasteiger partial charge in [-0.25, -0.2) is 14.8 Å². The van der Waals surface area contributed by atoms with Crippen LogP contribution in [0.25, 0.3) is 0 Å². The molecule has 3 heterocycles. The molecule has 2 aliphatic rings. The van der Waals surface area contributed by atoms with E-state index in [1.165, 1.54) is 0 Å². The van der Waals surface area contributed by atoms with Gasteiger partial charge in [-0.05, 0) is 27.7 Å². The Bertz CT molecular complexity index is 663. The second kappa shape index (κ2) is 8.22. The van der Waals surface area contributed by atoms with Gasteiger partial charge in [-0.2, -0.15) is 13.2 Å². The molecule has 0 radical (unpaired) electrons. The fraction of sp³-hybridized carbons (Fsp3) is 0.688. The summed E-state index contributed by atoms with van der Waals surface area (Å²) in [5.74, 6) is -1.98. The molecular formula is C16H24BF3N4O4. The molecule has 8 nitrogen and oxygen atoms in total. The summed E-state index contributed by atoms with van der Waals surface area (Å²) in [7, 11) is -0.396. The molecule has 0 atom stereocenters. The quantitative estimate of drug-likeness (QED) is 0.700. The number of halogens is 3. The lowest BCUT2D eigenvalue weighted by Crippen LogP contribution is -2.44. The van der Waals surface area contributed by atoms with Gasteiger partial charge in [0, 0.05) is 44.0 Å². The molecular weight excluding hydrogens is 380 g/mol. The smallest absolute Gasteiger partial charge is 0.475 e. The van der Waals surface area contributed by atoms with Crippen molar-refractivity contribution < 1.29 is 32.4 Å². The van der Waals surface area contributed by atoms with Crippen LogP contribution in [0.1, 0.15) is 27.7 Å². The highest BCUT2D eigenvalue weighted by molar-refractivity contribution is 6.61. The van der Waals surface area contributed by atoms with Crippen LogP contribution in [0.2, 0.25) is 0 Å². The molecule has 2 N–H and O–H groups in total. The minimum atomic E-state index is -5.08. The molecule has 2 aliphatic heterocycles. The monoisotopic (exact) mass is 404 g/mol. The van der Waals surface area contributed by atoms with Crippen LogP contribution < -0.4 is 15.7 Å². The number of nitrogens with one attached hydrogen (secondary N) is 1. The van der Waals surface area contributed by atoms with E-state index in [4.69, 9.17) is 19.2 Å². The van der Waals surface area contributed by atoms with E-state index in [2.05, 4.69) is 20.2 Å². The number of nitrogens with zero attached hydrogens (tertiary/aromatic N) is 3. The third-order valence-corrected chi connectivity index (χ3v) is 4.83. The minimum Gasteiger partial charge on any atom is -0.475 e. The van der Waals surface area contributed by atoms with E-state index in [1.54, 1.807) is 0 Å². The lowest BCUT2D eigenvalue weighted by Gasteiger charge is -2.32. The van der Waals surface area contributed by atoms with Crippen LogP contribution in [0.4, 0.5) is 19.1 Å². The van der Waals surface area contributed by atoms with E-state index in [-0.39, 0.29) is 11.2 Å². The summed E-state index contributed by atoms with van der Waals surface area (Å²) in [6, 6.07) is 0. The number of carboxylic acids is 1. The van der Waals surface area contributed by atoms with Gasteiger partial charge in [0.1, 0.15) is 0 Å². The summed E-state index contributed by atoms with van der Waals surface area (Å²) >= 11 is 0. The van der Waals surface area contributed by atoms with Crippen molar-refractivity contribution in [3.8, 4) is 0 Å². The van der Waals surface area contributed by atoms with E-state index in [0.29, 0.717) is 0 Å². The molecule has 2 fully saturated rings. The van der Waals surface area contributed by atoms with Crippen molar-refractivity contribution in [2.75, 3.05) is 31.1 Å². The number of carbonyl (C=O) groups is 1. The molecule has 28 heavy (non-hydrogen) atoms. The first-order valence-electron chi connectivity index (χ1n) is 8.77. The number of rotatable bonds is 2. The van der Waals surface area contributed by atoms with Gasteiger partial charge < -0.3 is 24.6 Å². The molecule has 3 rings (SSSR count). The fourth-order valence-electron chi connectivity index (χ4n) is 2.46. The Hall–Kier alpha value is -1.92. The van der Waals surface area contributed by atoms with E-state index in [0.717, 1.165) is 37.6 Å². The van der Waals surface area contributed by atoms with Crippen LogP contribution in [0.5, 0.6) is 0 Å². The topological polar surface area (TPSA) is 96.8 Å². The second-order valence-electron chi connectivity index (χ2n) is 7.44. The summed E-state index contributed by atoms with van der Waals surface area (Å²) in [6.07, 6.45) is -1.46. The molecule has 0 unspecified atom stereocenters. The first-order valence-corrected chi connectivity index (χ1v) is 8.77. The highest BCUT2D eigenvalue weighted by atomic mass is 19.4. The Morgan fingerprint density at radius 2 is 1.57 bits per heavy atom. The van der Waals surface area contributed by atoms with Crippen molar-refractivity contribution in [2.24, 2.45) is 0 Å². The third kappa shape index (κ3) is 5.33. The molecule has 0 aromatic carbocycles. The van der Waals surface area contributed by atoms with Crippen LogP contribution >= 0.6 is 0 Å². The SMILES string of the molecule is CC1(C)OB(c2cnc(N3CCNCC3)nc2)OC1(C)C.O=C(O)C(F)(F)F. The van der Waals surface area contributed by atoms with E-state index in [1.807, 2.05) is 40.1 Å². The molecule has 0 saturated carbocycles. The molecule has 0 amide bonds. The normalized spacial score (nSPS) is 21.1. The van der Waals surface area contributed by atoms with Crippen LogP contribution in [0.15, 0.2) is 12.4 Å². The van der Waals surface area contributed by atoms with Crippen LogP contribution in [-0.2, 0) is 14.1 Å². The lowest BCUT2D eigenvalue weighted by atomic mass is 9.81. The Labute approximate surface area is 161 Å². The number of carboxylic acid groups (broad SMARTS) is 1. The summed E-state index contributed by atoms with van der Waals surface area (Å²) in [6.45, 7) is 12.0. The predicted molar refractivity (Wildman–Crippen MR) is 96.5 cm³/mol. The van der Waals surface area contributed by atoms with Crippen LogP contribution in [0, 0.1) is 0 Å². The number of hydrogen-bond acceptors (Lipinski definition) is 7. The van der Waals surface area contributed by atoms with Gasteiger partial charge in [-0.1, -0.05) is 0 Å². The van der Waals surface area contributed by atoms with Crippen molar-refractivity contribution >= 4 is 24.5 Å². The van der Waals surface area contributed by atoms with Crippen LogP contribution in [0.3, 0.4) is 0 Å². The van der Waals surface area contributed by atoms with E-state index in [9.17, 15) is 13.2 Å². The molecule has 0 aliphatic carbocycles. The van der Waals surface area contributed by atoms with Gasteiger partial charge in [0.05, 0.1) is 11.2 Å². The standard InChI is InChI=1S/C14H23BN4O2.C2HF3O2/c1-13(2)14(3,4)21-15(20-13)11-9-17-12(18-10-11)19-7-5-16-6-8-19;3-2(4,5)1(6)7/h9-10,16H,5-8H2,1-4H3;(H,6,7). The number of anilines is 1. The Morgan fingerprint density at radius 3 is 1.96 bits per heavy atom. The molecule has 0 bridgehead atoms. The highest BCUT2D eigenvalue weighted by Gasteiger charge is 2.52. The molecule has 2 saturated heterocycles. The maximum absolute atomic E-state index is 10.6. The zero-order chi connectivity index (χ0) is 21.2. The first-order chi connectivity index (χ1) is 12.8. The zero-order valence-corrected chi connectivity index (χ0v) is 16.2. The van der Waals surface area contributed by atoms with Gasteiger partial charge in [-0.15, -0.1) is 0 Å². The summed E-state index contributed by atoms with van der Waals surface area (Å²) in [4.78, 5) is 20.0. The zero-order valence-electron chi connectivity index (χ0n) is 16.2. The number of aromatic nitrogens is 2. The Kier molecular flexibility index (Phi) is 6.57. The largest absolute Gasteiger partial charge is 0.498 e. The van der Waals surface area contributed by atoms with E-state index >= 15 is 0 Å². The number of alkyl halides is 3. The molecule has 0 spiro atoms. The first kappa shape index (κ1) is 22.4. The van der Waals surface area contributed by atoms with Gasteiger partial charge in [0.15, 0.2) is 0 Å². The molecule has 1 aromatic heterocycles. The predicted octanol–water partition coefficient (Wildman–Crippen LogP) is 0.819. The Balaban J connectivity index is 0.000000345. The Morgan fingerprint density at radius 1 is 1.14 bits per heavy atom. The van der Waals surface area contributed by atoms with E-state index < -0.39 is 19.3 Å². The lowest BCUT2D eigenvalue weighted by molar-refractivity contribution is -0.192. The van der Waals surface area contributed by atoms with Crippen LogP contribution in [-0.4, -0.2) is 71.7 Å². The summed E-state index contributed by atoms with van der Waals surface area (Å²) in [5.41, 5.74) is 0.191. The molecule has 1 aromatic rings. The average molecular weight is 404 g/mol. The van der Waals surface area contributed by atoms with Crippen molar-refractivity contribution in [2.45, 2.75) is 45.1 Å². The van der Waals surface area contributed by atoms with Crippen molar-refractivity contribution in [1.29, 1.82) is 0 Å². The van der Waals surface area contributed by atoms with Crippen molar-refractivity contribution in [3.63, 3.8) is 0 Å². The van der Waals surface area contributed by atoms with Crippen molar-refractivity contribution in [1.82, 2.24) is 15.3 Å². The van der Waals surface area contributed by atoms with Crippen molar-refractivity contribution in [3.05, 3.63) is 12.4 Å². The fourth-order valence-corrected chi connectivity index (χ4v) is 2.46. The number of hydrogen-bond donors (Lipinski definition) is 2. The summed E-state index contributed by atoms with van der Waals surface area (Å²) in [5, 5.41) is 10.4. The third-order valence-electron chi connectivity index (χ3n) is 4.83. The number of piperazine rings is 1. The minimum absolute atomic E-state index is 0.338. The summed E-state index contributed by atoms with van der Waals surface area (Å²) < 4.78 is 43.8. The van der Waals surface area contributed by atoms with Gasteiger partial charge in [0.25, 0.3) is 0 Å². The van der Waals surface area contributed by atoms with Gasteiger partial charge >= 0.3 is 19.3 Å². The van der Waals surface area contributed by atoms with Gasteiger partial charge in [-0.3, -0.25) is 0 Å². The highest BCUT2D eigenvalue weighted by Crippen LogP contribution is 2.36.